The number of carbonyl (C=O) groups excluding carboxylic acids is 1. The van der Waals surface area contributed by atoms with Crippen LogP contribution in [0.1, 0.15) is 12.8 Å². The highest BCUT2D eigenvalue weighted by Crippen LogP contribution is 2.05. The molecule has 0 aromatic carbocycles. The van der Waals surface area contributed by atoms with Gasteiger partial charge in [0.15, 0.2) is 0 Å². The van der Waals surface area contributed by atoms with Gasteiger partial charge in [0.05, 0.1) is 0 Å². The highest BCUT2D eigenvalue weighted by Gasteiger charge is 2.11. The van der Waals surface area contributed by atoms with Crippen LogP contribution in [0.25, 0.3) is 0 Å². The molecule has 1 aliphatic rings. The molecule has 0 spiro atoms. The van der Waals surface area contributed by atoms with Crippen molar-refractivity contribution in [1.82, 2.24) is 5.06 Å². The van der Waals surface area contributed by atoms with Gasteiger partial charge in [-0.3, -0.25) is 0 Å². The third-order valence-electron chi connectivity index (χ3n) is 1.23. The second kappa shape index (κ2) is 2.67. The van der Waals surface area contributed by atoms with Crippen LogP contribution in [0.3, 0.4) is 0 Å². The van der Waals surface area contributed by atoms with Crippen LogP contribution in [0.4, 0.5) is 0 Å². The molecule has 45 valence electrons. The molecule has 0 bridgehead atoms. The molecule has 3 heteroatoms. The van der Waals surface area contributed by atoms with Gasteiger partial charge >= 0.3 is 6.47 Å². The van der Waals surface area contributed by atoms with Crippen LogP contribution in [0.5, 0.6) is 0 Å². The smallest absolute Gasteiger partial charge is 0.359 e. The van der Waals surface area contributed by atoms with E-state index >= 15 is 0 Å². The third kappa shape index (κ3) is 1.20. The van der Waals surface area contributed by atoms with Crippen LogP contribution in [0.15, 0.2) is 0 Å². The fourth-order valence-electron chi connectivity index (χ4n) is 0.832. The summed E-state index contributed by atoms with van der Waals surface area (Å²) in [5.74, 6) is 0. The van der Waals surface area contributed by atoms with E-state index in [9.17, 15) is 4.79 Å². The second-order valence-electron chi connectivity index (χ2n) is 1.81. The van der Waals surface area contributed by atoms with Gasteiger partial charge in [-0.15, -0.1) is 5.06 Å². The summed E-state index contributed by atoms with van der Waals surface area (Å²) < 4.78 is 0. The summed E-state index contributed by atoms with van der Waals surface area (Å²) in [4.78, 5) is 14.0. The maximum absolute atomic E-state index is 9.57. The number of nitrogens with zero attached hydrogens (tertiary/aromatic N) is 1. The van der Waals surface area contributed by atoms with Crippen LogP contribution >= 0.6 is 0 Å². The Kier molecular flexibility index (Phi) is 1.86. The zero-order chi connectivity index (χ0) is 5.82. The van der Waals surface area contributed by atoms with Crippen LogP contribution in [-0.2, 0) is 9.63 Å². The van der Waals surface area contributed by atoms with Crippen LogP contribution in [0.2, 0.25) is 0 Å². The fourth-order valence-corrected chi connectivity index (χ4v) is 0.832. The minimum atomic E-state index is 0.870. The average Bonchev–Trinajstić information content (AvgIpc) is 2.19. The molecule has 8 heavy (non-hydrogen) atoms. The summed E-state index contributed by atoms with van der Waals surface area (Å²) in [6.07, 6.45) is 2.25. The van der Waals surface area contributed by atoms with Crippen molar-refractivity contribution in [1.29, 1.82) is 0 Å². The SMILES string of the molecule is O=[C]ON1CCCC1. The molecule has 1 heterocycles. The van der Waals surface area contributed by atoms with E-state index in [0.717, 1.165) is 25.9 Å². The molecule has 1 fully saturated rings. The monoisotopic (exact) mass is 114 g/mol. The maximum Gasteiger partial charge on any atom is 0.438 e. The molecule has 0 aliphatic carbocycles. The van der Waals surface area contributed by atoms with Gasteiger partial charge in [-0.1, -0.05) is 0 Å². The first-order chi connectivity index (χ1) is 3.93. The fraction of sp³-hybridized carbons (Fsp3) is 0.800. The molecule has 0 aromatic heterocycles. The molecule has 1 saturated heterocycles. The lowest BCUT2D eigenvalue weighted by Gasteiger charge is -2.06. The van der Waals surface area contributed by atoms with E-state index in [0.29, 0.717) is 0 Å². The number of hydroxylamine groups is 2. The van der Waals surface area contributed by atoms with Gasteiger partial charge in [0.2, 0.25) is 0 Å². The van der Waals surface area contributed by atoms with E-state index in [4.69, 9.17) is 0 Å². The Morgan fingerprint density at radius 3 is 2.50 bits per heavy atom. The maximum atomic E-state index is 9.57. The lowest BCUT2D eigenvalue weighted by molar-refractivity contribution is -0.0518. The highest BCUT2D eigenvalue weighted by atomic mass is 16.7. The van der Waals surface area contributed by atoms with Crippen molar-refractivity contribution in [3.05, 3.63) is 0 Å². The molecule has 0 aromatic rings. The van der Waals surface area contributed by atoms with Crippen LogP contribution in [-0.4, -0.2) is 24.6 Å². The Morgan fingerprint density at radius 1 is 1.38 bits per heavy atom. The van der Waals surface area contributed by atoms with Crippen LogP contribution in [0, 0.1) is 0 Å². The summed E-state index contributed by atoms with van der Waals surface area (Å²) in [5.41, 5.74) is 0. The Bertz CT molecular complexity index is 78.5. The number of hydrogen-bond acceptors (Lipinski definition) is 3. The number of rotatable bonds is 2. The lowest BCUT2D eigenvalue weighted by atomic mass is 10.4. The van der Waals surface area contributed by atoms with E-state index in [-0.39, 0.29) is 0 Å². The summed E-state index contributed by atoms with van der Waals surface area (Å²) in [6, 6.07) is 0. The average molecular weight is 114 g/mol. The molecule has 0 amide bonds. The van der Waals surface area contributed by atoms with Gasteiger partial charge in [0, 0.05) is 13.1 Å². The van der Waals surface area contributed by atoms with Gasteiger partial charge in [-0.05, 0) is 12.8 Å². The molecule has 1 radical (unpaired) electrons. The highest BCUT2D eigenvalue weighted by molar-refractivity contribution is 5.37. The topological polar surface area (TPSA) is 29.5 Å². The van der Waals surface area contributed by atoms with Gasteiger partial charge in [0.25, 0.3) is 0 Å². The van der Waals surface area contributed by atoms with Crippen molar-refractivity contribution in [3.8, 4) is 0 Å². The zero-order valence-electron chi connectivity index (χ0n) is 4.59. The van der Waals surface area contributed by atoms with Crippen molar-refractivity contribution >= 4 is 6.47 Å². The molecule has 0 N–H and O–H groups in total. The van der Waals surface area contributed by atoms with Gasteiger partial charge in [0.1, 0.15) is 0 Å². The molecular weight excluding hydrogens is 106 g/mol. The minimum absolute atomic E-state index is 0.870. The summed E-state index contributed by atoms with van der Waals surface area (Å²) in [7, 11) is 0. The first-order valence-electron chi connectivity index (χ1n) is 2.72. The lowest BCUT2D eigenvalue weighted by Crippen LogP contribution is -2.18. The predicted molar refractivity (Wildman–Crippen MR) is 27.6 cm³/mol. The first kappa shape index (κ1) is 5.56. The molecule has 0 saturated carbocycles. The van der Waals surface area contributed by atoms with Crippen LogP contribution < -0.4 is 0 Å². The molecule has 1 rings (SSSR count). The molecule has 0 unspecified atom stereocenters. The normalized spacial score (nSPS) is 21.0. The summed E-state index contributed by atoms with van der Waals surface area (Å²) in [5, 5.41) is 1.62. The van der Waals surface area contributed by atoms with Crippen molar-refractivity contribution in [2.24, 2.45) is 0 Å². The Balaban J connectivity index is 2.14. The van der Waals surface area contributed by atoms with Crippen molar-refractivity contribution < 1.29 is 9.63 Å². The van der Waals surface area contributed by atoms with Gasteiger partial charge in [-0.25, -0.2) is 4.79 Å². The second-order valence-corrected chi connectivity index (χ2v) is 1.81. The quantitative estimate of drug-likeness (QED) is 0.509. The first-order valence-corrected chi connectivity index (χ1v) is 2.72. The Morgan fingerprint density at radius 2 is 2.00 bits per heavy atom. The van der Waals surface area contributed by atoms with Crippen molar-refractivity contribution in [3.63, 3.8) is 0 Å². The standard InChI is InChI=1S/C5H8NO2/c7-5-8-6-3-1-2-4-6/h1-4H2. The van der Waals surface area contributed by atoms with E-state index < -0.39 is 0 Å². The van der Waals surface area contributed by atoms with E-state index in [1.807, 2.05) is 0 Å². The predicted octanol–water partition coefficient (Wildman–Crippen LogP) is 0.0810. The Hall–Kier alpha value is -0.570. The molecule has 1 aliphatic heterocycles. The summed E-state index contributed by atoms with van der Waals surface area (Å²) in [6.45, 7) is 3.13. The largest absolute Gasteiger partial charge is 0.438 e. The van der Waals surface area contributed by atoms with Gasteiger partial charge in [-0.2, -0.15) is 0 Å². The third-order valence-corrected chi connectivity index (χ3v) is 1.23. The van der Waals surface area contributed by atoms with Crippen molar-refractivity contribution in [2.75, 3.05) is 13.1 Å². The minimum Gasteiger partial charge on any atom is -0.359 e. The van der Waals surface area contributed by atoms with Crippen molar-refractivity contribution in [2.45, 2.75) is 12.8 Å². The van der Waals surface area contributed by atoms with E-state index in [1.54, 1.807) is 5.06 Å². The van der Waals surface area contributed by atoms with E-state index in [2.05, 4.69) is 4.84 Å². The molecular formula is C5H8NO2. The zero-order valence-corrected chi connectivity index (χ0v) is 4.59. The number of hydrogen-bond donors (Lipinski definition) is 0. The summed E-state index contributed by atoms with van der Waals surface area (Å²) >= 11 is 0. The molecule has 3 nitrogen and oxygen atoms in total. The van der Waals surface area contributed by atoms with Gasteiger partial charge < -0.3 is 4.84 Å². The Labute approximate surface area is 48.2 Å². The van der Waals surface area contributed by atoms with E-state index in [1.165, 1.54) is 6.47 Å². The molecule has 0 atom stereocenters.